The van der Waals surface area contributed by atoms with E-state index in [1.807, 2.05) is 35.8 Å². The van der Waals surface area contributed by atoms with Crippen molar-refractivity contribution >= 4 is 23.6 Å². The molecule has 1 saturated heterocycles. The highest BCUT2D eigenvalue weighted by Gasteiger charge is 2.23. The largest absolute Gasteiger partial charge is 0.497 e. The zero-order chi connectivity index (χ0) is 18.5. The number of piperidine rings is 1. The van der Waals surface area contributed by atoms with Crippen molar-refractivity contribution in [1.82, 2.24) is 25.4 Å². The maximum absolute atomic E-state index is 12.2. The van der Waals surface area contributed by atoms with Gasteiger partial charge in [0.05, 0.1) is 12.9 Å². The number of hydrogen-bond acceptors (Lipinski definition) is 6. The molecule has 2 amide bonds. The standard InChI is InChI=1S/C17H21N5O3S/c1-11-20-21-17(22(11)12-5-7-13(25-2)8-6-12)26-10-15(23)19-14-4-3-9-18-16(14)24/h5-8,14H,3-4,9-10H2,1-2H3,(H,18,24)(H,19,23). The van der Waals surface area contributed by atoms with Gasteiger partial charge in [-0.3, -0.25) is 14.2 Å². The second-order valence-electron chi connectivity index (χ2n) is 5.91. The normalized spacial score (nSPS) is 16.8. The maximum atomic E-state index is 12.2. The van der Waals surface area contributed by atoms with Gasteiger partial charge in [0, 0.05) is 12.2 Å². The van der Waals surface area contributed by atoms with Gasteiger partial charge < -0.3 is 15.4 Å². The van der Waals surface area contributed by atoms with E-state index in [1.165, 1.54) is 11.8 Å². The highest BCUT2D eigenvalue weighted by atomic mass is 32.2. The summed E-state index contributed by atoms with van der Waals surface area (Å²) in [7, 11) is 1.62. The van der Waals surface area contributed by atoms with Crippen molar-refractivity contribution in [3.63, 3.8) is 0 Å². The third-order valence-electron chi connectivity index (χ3n) is 4.08. The SMILES string of the molecule is COc1ccc(-n2c(C)nnc2SCC(=O)NC2CCCNC2=O)cc1. The molecule has 0 aliphatic carbocycles. The van der Waals surface area contributed by atoms with E-state index in [2.05, 4.69) is 20.8 Å². The number of ether oxygens (including phenoxy) is 1. The molecule has 1 unspecified atom stereocenters. The molecule has 0 radical (unpaired) electrons. The lowest BCUT2D eigenvalue weighted by atomic mass is 10.1. The molecule has 8 nitrogen and oxygen atoms in total. The predicted molar refractivity (Wildman–Crippen MR) is 97.5 cm³/mol. The van der Waals surface area contributed by atoms with Gasteiger partial charge in [0.2, 0.25) is 11.8 Å². The number of aryl methyl sites for hydroxylation is 1. The Bertz CT molecular complexity index is 790. The molecule has 26 heavy (non-hydrogen) atoms. The predicted octanol–water partition coefficient (Wildman–Crippen LogP) is 1.07. The summed E-state index contributed by atoms with van der Waals surface area (Å²) < 4.78 is 7.06. The van der Waals surface area contributed by atoms with Gasteiger partial charge in [-0.1, -0.05) is 11.8 Å². The number of rotatable bonds is 6. The molecular weight excluding hydrogens is 354 g/mol. The third kappa shape index (κ3) is 4.16. The lowest BCUT2D eigenvalue weighted by molar-refractivity contribution is -0.129. The van der Waals surface area contributed by atoms with Crippen LogP contribution < -0.4 is 15.4 Å². The van der Waals surface area contributed by atoms with E-state index >= 15 is 0 Å². The highest BCUT2D eigenvalue weighted by molar-refractivity contribution is 7.99. The average Bonchev–Trinajstić information content (AvgIpc) is 3.02. The molecule has 1 fully saturated rings. The van der Waals surface area contributed by atoms with Crippen molar-refractivity contribution in [2.24, 2.45) is 0 Å². The van der Waals surface area contributed by atoms with Crippen LogP contribution in [0.25, 0.3) is 5.69 Å². The molecule has 1 aliphatic heterocycles. The number of nitrogens with zero attached hydrogens (tertiary/aromatic N) is 3. The Morgan fingerprint density at radius 2 is 2.15 bits per heavy atom. The van der Waals surface area contributed by atoms with Crippen LogP contribution >= 0.6 is 11.8 Å². The number of aromatic nitrogens is 3. The summed E-state index contributed by atoms with van der Waals surface area (Å²) >= 11 is 1.28. The summed E-state index contributed by atoms with van der Waals surface area (Å²) in [6, 6.07) is 7.09. The van der Waals surface area contributed by atoms with Gasteiger partial charge in [0.1, 0.15) is 17.6 Å². The first-order chi connectivity index (χ1) is 12.6. The Balaban J connectivity index is 1.65. The molecule has 138 valence electrons. The molecule has 2 heterocycles. The Morgan fingerprint density at radius 3 is 2.85 bits per heavy atom. The van der Waals surface area contributed by atoms with Crippen molar-refractivity contribution in [1.29, 1.82) is 0 Å². The van der Waals surface area contributed by atoms with Crippen molar-refractivity contribution in [2.45, 2.75) is 31.0 Å². The summed E-state index contributed by atoms with van der Waals surface area (Å²) in [4.78, 5) is 23.9. The van der Waals surface area contributed by atoms with Crippen molar-refractivity contribution in [2.75, 3.05) is 19.4 Å². The van der Waals surface area contributed by atoms with Crippen LogP contribution in [0.4, 0.5) is 0 Å². The van der Waals surface area contributed by atoms with Gasteiger partial charge in [-0.25, -0.2) is 0 Å². The molecule has 1 aliphatic rings. The maximum Gasteiger partial charge on any atom is 0.242 e. The monoisotopic (exact) mass is 375 g/mol. The first-order valence-electron chi connectivity index (χ1n) is 8.35. The van der Waals surface area contributed by atoms with Crippen LogP contribution in [0, 0.1) is 6.92 Å². The van der Waals surface area contributed by atoms with E-state index in [0.717, 1.165) is 23.7 Å². The Labute approximate surface area is 155 Å². The number of benzene rings is 1. The molecule has 2 aromatic rings. The van der Waals surface area contributed by atoms with E-state index in [1.54, 1.807) is 7.11 Å². The number of methoxy groups -OCH3 is 1. The van der Waals surface area contributed by atoms with Gasteiger partial charge in [-0.2, -0.15) is 0 Å². The second kappa shape index (κ2) is 8.22. The van der Waals surface area contributed by atoms with E-state index in [0.29, 0.717) is 18.1 Å². The second-order valence-corrected chi connectivity index (χ2v) is 6.85. The van der Waals surface area contributed by atoms with Crippen molar-refractivity contribution in [3.05, 3.63) is 30.1 Å². The zero-order valence-electron chi connectivity index (χ0n) is 14.7. The Morgan fingerprint density at radius 1 is 1.38 bits per heavy atom. The lowest BCUT2D eigenvalue weighted by Crippen LogP contribution is -2.50. The molecule has 2 N–H and O–H groups in total. The van der Waals surface area contributed by atoms with Crippen LogP contribution in [0.2, 0.25) is 0 Å². The quantitative estimate of drug-likeness (QED) is 0.733. The number of nitrogens with one attached hydrogen (secondary N) is 2. The highest BCUT2D eigenvalue weighted by Crippen LogP contribution is 2.23. The molecule has 0 saturated carbocycles. The molecule has 1 aromatic carbocycles. The fourth-order valence-electron chi connectivity index (χ4n) is 2.74. The van der Waals surface area contributed by atoms with Crippen molar-refractivity contribution in [3.8, 4) is 11.4 Å². The summed E-state index contributed by atoms with van der Waals surface area (Å²) in [5, 5.41) is 14.4. The molecule has 0 spiro atoms. The third-order valence-corrected chi connectivity index (χ3v) is 5.01. The minimum absolute atomic E-state index is 0.119. The number of carbonyl (C=O) groups excluding carboxylic acids is 2. The van der Waals surface area contributed by atoms with Crippen LogP contribution in [0.3, 0.4) is 0 Å². The topological polar surface area (TPSA) is 98.1 Å². The first kappa shape index (κ1) is 18.2. The summed E-state index contributed by atoms with van der Waals surface area (Å²) in [5.41, 5.74) is 0.892. The van der Waals surface area contributed by atoms with Gasteiger partial charge in [0.15, 0.2) is 5.16 Å². The number of thioether (sulfide) groups is 1. The molecule has 3 rings (SSSR count). The summed E-state index contributed by atoms with van der Waals surface area (Å²) in [6.07, 6.45) is 1.54. The minimum atomic E-state index is -0.446. The van der Waals surface area contributed by atoms with Crippen molar-refractivity contribution < 1.29 is 14.3 Å². The lowest BCUT2D eigenvalue weighted by Gasteiger charge is -2.22. The van der Waals surface area contributed by atoms with Gasteiger partial charge in [-0.15, -0.1) is 10.2 Å². The zero-order valence-corrected chi connectivity index (χ0v) is 15.5. The van der Waals surface area contributed by atoms with Crippen LogP contribution in [0.15, 0.2) is 29.4 Å². The molecule has 1 aromatic heterocycles. The minimum Gasteiger partial charge on any atom is -0.497 e. The Kier molecular flexibility index (Phi) is 5.77. The van der Waals surface area contributed by atoms with Crippen LogP contribution in [-0.4, -0.2) is 52.0 Å². The fourth-order valence-corrected chi connectivity index (χ4v) is 3.55. The average molecular weight is 375 g/mol. The molecule has 0 bridgehead atoms. The van der Waals surface area contributed by atoms with E-state index in [-0.39, 0.29) is 17.6 Å². The number of hydrogen-bond donors (Lipinski definition) is 2. The van der Waals surface area contributed by atoms with E-state index in [4.69, 9.17) is 4.74 Å². The van der Waals surface area contributed by atoms with Crippen LogP contribution in [0.5, 0.6) is 5.75 Å². The fraction of sp³-hybridized carbons (Fsp3) is 0.412. The summed E-state index contributed by atoms with van der Waals surface area (Å²) in [5.74, 6) is 1.34. The van der Waals surface area contributed by atoms with Crippen LogP contribution in [-0.2, 0) is 9.59 Å². The van der Waals surface area contributed by atoms with Crippen LogP contribution in [0.1, 0.15) is 18.7 Å². The summed E-state index contributed by atoms with van der Waals surface area (Å²) in [6.45, 7) is 2.53. The van der Waals surface area contributed by atoms with Gasteiger partial charge in [0.25, 0.3) is 0 Å². The van der Waals surface area contributed by atoms with Gasteiger partial charge >= 0.3 is 0 Å². The first-order valence-corrected chi connectivity index (χ1v) is 9.33. The Hall–Kier alpha value is -2.55. The van der Waals surface area contributed by atoms with Gasteiger partial charge in [-0.05, 0) is 44.0 Å². The smallest absolute Gasteiger partial charge is 0.242 e. The number of carbonyl (C=O) groups is 2. The molecular formula is C17H21N5O3S. The van der Waals surface area contributed by atoms with E-state index in [9.17, 15) is 9.59 Å². The molecule has 9 heteroatoms. The molecule has 1 atom stereocenters. The number of amides is 2. The van der Waals surface area contributed by atoms with E-state index < -0.39 is 6.04 Å².